The largest absolute Gasteiger partial charge is 0.368 e. The molecule has 0 saturated carbocycles. The van der Waals surface area contributed by atoms with Crippen LogP contribution in [-0.2, 0) is 9.53 Å². The van der Waals surface area contributed by atoms with Crippen LogP contribution in [-0.4, -0.2) is 23.6 Å². The minimum Gasteiger partial charge on any atom is -0.368 e. The average Bonchev–Trinajstić information content (AvgIpc) is 2.74. The number of aryl methyl sites for hydroxylation is 1. The molecule has 1 aromatic rings. The first-order chi connectivity index (χ1) is 7.25. The van der Waals surface area contributed by atoms with E-state index >= 15 is 0 Å². The molecule has 2 heterocycles. The lowest BCUT2D eigenvalue weighted by Crippen LogP contribution is -2.26. The predicted octanol–water partition coefficient (Wildman–Crippen LogP) is 1.51. The summed E-state index contributed by atoms with van der Waals surface area (Å²) in [7, 11) is 0. The molecule has 0 radical (unpaired) electrons. The van der Waals surface area contributed by atoms with Gasteiger partial charge in [-0.1, -0.05) is 0 Å². The SMILES string of the molecule is Cc1ccc(NC(=O)C2CCCO2)cn1. The number of nitrogens with zero attached hydrogens (tertiary/aromatic N) is 1. The molecule has 0 aromatic carbocycles. The van der Waals surface area contributed by atoms with Crippen molar-refractivity contribution in [1.82, 2.24) is 4.98 Å². The number of aromatic nitrogens is 1. The standard InChI is InChI=1S/C11H14N2O2/c1-8-4-5-9(7-12-8)13-11(14)10-3-2-6-15-10/h4-5,7,10H,2-3,6H2,1H3,(H,13,14). The highest BCUT2D eigenvalue weighted by Crippen LogP contribution is 2.14. The number of anilines is 1. The Hall–Kier alpha value is -1.42. The zero-order valence-corrected chi connectivity index (χ0v) is 8.69. The van der Waals surface area contributed by atoms with Crippen molar-refractivity contribution >= 4 is 11.6 Å². The van der Waals surface area contributed by atoms with Crippen molar-refractivity contribution in [2.75, 3.05) is 11.9 Å². The fourth-order valence-corrected chi connectivity index (χ4v) is 1.55. The van der Waals surface area contributed by atoms with Crippen LogP contribution in [0.1, 0.15) is 18.5 Å². The highest BCUT2D eigenvalue weighted by molar-refractivity contribution is 5.94. The topological polar surface area (TPSA) is 51.2 Å². The summed E-state index contributed by atoms with van der Waals surface area (Å²) in [5.41, 5.74) is 1.66. The van der Waals surface area contributed by atoms with Crippen LogP contribution in [0, 0.1) is 6.92 Å². The van der Waals surface area contributed by atoms with Gasteiger partial charge in [0.2, 0.25) is 0 Å². The number of hydrogen-bond donors (Lipinski definition) is 1. The first kappa shape index (κ1) is 10.1. The van der Waals surface area contributed by atoms with Gasteiger partial charge in [-0.15, -0.1) is 0 Å². The molecule has 4 nitrogen and oxygen atoms in total. The van der Waals surface area contributed by atoms with Gasteiger partial charge in [-0.2, -0.15) is 0 Å². The number of rotatable bonds is 2. The third-order valence-electron chi connectivity index (χ3n) is 2.40. The molecule has 1 aliphatic rings. The van der Waals surface area contributed by atoms with E-state index in [1.807, 2.05) is 19.1 Å². The Balaban J connectivity index is 1.96. The lowest BCUT2D eigenvalue weighted by Gasteiger charge is -2.09. The summed E-state index contributed by atoms with van der Waals surface area (Å²) in [4.78, 5) is 15.7. The smallest absolute Gasteiger partial charge is 0.253 e. The number of hydrogen-bond acceptors (Lipinski definition) is 3. The predicted molar refractivity (Wildman–Crippen MR) is 56.6 cm³/mol. The van der Waals surface area contributed by atoms with E-state index in [9.17, 15) is 4.79 Å². The molecule has 4 heteroatoms. The number of carbonyl (C=O) groups is 1. The van der Waals surface area contributed by atoms with Gasteiger partial charge in [0, 0.05) is 12.3 Å². The first-order valence-electron chi connectivity index (χ1n) is 5.11. The molecule has 0 bridgehead atoms. The van der Waals surface area contributed by atoms with E-state index in [0.29, 0.717) is 6.61 Å². The van der Waals surface area contributed by atoms with E-state index in [0.717, 1.165) is 24.2 Å². The van der Waals surface area contributed by atoms with E-state index in [-0.39, 0.29) is 12.0 Å². The zero-order chi connectivity index (χ0) is 10.7. The van der Waals surface area contributed by atoms with Crippen LogP contribution < -0.4 is 5.32 Å². The third kappa shape index (κ3) is 2.53. The number of pyridine rings is 1. The Kier molecular flexibility index (Phi) is 2.97. The van der Waals surface area contributed by atoms with Crippen LogP contribution in [0.5, 0.6) is 0 Å². The van der Waals surface area contributed by atoms with Gasteiger partial charge in [-0.3, -0.25) is 9.78 Å². The molecule has 0 aliphatic carbocycles. The summed E-state index contributed by atoms with van der Waals surface area (Å²) in [6.45, 7) is 2.59. The Morgan fingerprint density at radius 3 is 3.07 bits per heavy atom. The fraction of sp³-hybridized carbons (Fsp3) is 0.455. The second-order valence-corrected chi connectivity index (χ2v) is 3.68. The van der Waals surface area contributed by atoms with Crippen molar-refractivity contribution in [3.63, 3.8) is 0 Å². The summed E-state index contributed by atoms with van der Waals surface area (Å²) < 4.78 is 5.28. The third-order valence-corrected chi connectivity index (χ3v) is 2.40. The summed E-state index contributed by atoms with van der Waals surface area (Å²) in [5, 5.41) is 2.78. The van der Waals surface area contributed by atoms with Gasteiger partial charge in [-0.05, 0) is 31.9 Å². The number of ether oxygens (including phenoxy) is 1. The Bertz CT molecular complexity index is 342. The molecule has 1 N–H and O–H groups in total. The van der Waals surface area contributed by atoms with Crippen LogP contribution in [0.15, 0.2) is 18.3 Å². The molecule has 1 saturated heterocycles. The Morgan fingerprint density at radius 2 is 2.47 bits per heavy atom. The second kappa shape index (κ2) is 4.40. The molecular formula is C11H14N2O2. The Labute approximate surface area is 88.7 Å². The van der Waals surface area contributed by atoms with Gasteiger partial charge in [-0.25, -0.2) is 0 Å². The van der Waals surface area contributed by atoms with Crippen molar-refractivity contribution in [2.45, 2.75) is 25.9 Å². The molecular weight excluding hydrogens is 192 g/mol. The molecule has 1 fully saturated rings. The number of carbonyl (C=O) groups excluding carboxylic acids is 1. The number of nitrogens with one attached hydrogen (secondary N) is 1. The summed E-state index contributed by atoms with van der Waals surface area (Å²) in [5.74, 6) is -0.0712. The van der Waals surface area contributed by atoms with E-state index in [4.69, 9.17) is 4.74 Å². The number of amides is 1. The van der Waals surface area contributed by atoms with E-state index in [1.165, 1.54) is 0 Å². The van der Waals surface area contributed by atoms with Crippen molar-refractivity contribution in [1.29, 1.82) is 0 Å². The van der Waals surface area contributed by atoms with Crippen molar-refractivity contribution in [3.8, 4) is 0 Å². The molecule has 1 aliphatic heterocycles. The molecule has 1 aromatic heterocycles. The quantitative estimate of drug-likeness (QED) is 0.798. The van der Waals surface area contributed by atoms with Crippen molar-refractivity contribution < 1.29 is 9.53 Å². The molecule has 15 heavy (non-hydrogen) atoms. The van der Waals surface area contributed by atoms with Gasteiger partial charge in [0.25, 0.3) is 5.91 Å². The minimum absolute atomic E-state index is 0.0712. The van der Waals surface area contributed by atoms with Crippen molar-refractivity contribution in [2.24, 2.45) is 0 Å². The van der Waals surface area contributed by atoms with Gasteiger partial charge in [0.15, 0.2) is 0 Å². The van der Waals surface area contributed by atoms with Gasteiger partial charge in [0.05, 0.1) is 11.9 Å². The maximum Gasteiger partial charge on any atom is 0.253 e. The second-order valence-electron chi connectivity index (χ2n) is 3.68. The summed E-state index contributed by atoms with van der Waals surface area (Å²) in [6.07, 6.45) is 3.14. The van der Waals surface area contributed by atoms with Crippen LogP contribution in [0.3, 0.4) is 0 Å². The molecule has 1 atom stereocenters. The van der Waals surface area contributed by atoms with E-state index < -0.39 is 0 Å². The van der Waals surface area contributed by atoms with Crippen LogP contribution in [0.25, 0.3) is 0 Å². The Morgan fingerprint density at radius 1 is 1.60 bits per heavy atom. The summed E-state index contributed by atoms with van der Waals surface area (Å²) >= 11 is 0. The van der Waals surface area contributed by atoms with E-state index in [2.05, 4.69) is 10.3 Å². The highest BCUT2D eigenvalue weighted by Gasteiger charge is 2.23. The first-order valence-corrected chi connectivity index (χ1v) is 5.11. The highest BCUT2D eigenvalue weighted by atomic mass is 16.5. The van der Waals surface area contributed by atoms with Crippen LogP contribution in [0.2, 0.25) is 0 Å². The molecule has 2 rings (SSSR count). The molecule has 0 spiro atoms. The van der Waals surface area contributed by atoms with Crippen molar-refractivity contribution in [3.05, 3.63) is 24.0 Å². The lowest BCUT2D eigenvalue weighted by atomic mass is 10.2. The van der Waals surface area contributed by atoms with Gasteiger partial charge >= 0.3 is 0 Å². The maximum absolute atomic E-state index is 11.6. The lowest BCUT2D eigenvalue weighted by molar-refractivity contribution is -0.124. The minimum atomic E-state index is -0.286. The van der Waals surface area contributed by atoms with Gasteiger partial charge < -0.3 is 10.1 Å². The maximum atomic E-state index is 11.6. The van der Waals surface area contributed by atoms with Gasteiger partial charge in [0.1, 0.15) is 6.10 Å². The molecule has 80 valence electrons. The monoisotopic (exact) mass is 206 g/mol. The zero-order valence-electron chi connectivity index (χ0n) is 8.69. The fourth-order valence-electron chi connectivity index (χ4n) is 1.55. The van der Waals surface area contributed by atoms with Crippen LogP contribution >= 0.6 is 0 Å². The molecule has 1 amide bonds. The van der Waals surface area contributed by atoms with E-state index in [1.54, 1.807) is 6.20 Å². The molecule has 1 unspecified atom stereocenters. The average molecular weight is 206 g/mol. The van der Waals surface area contributed by atoms with Crippen LogP contribution in [0.4, 0.5) is 5.69 Å². The normalized spacial score (nSPS) is 20.2. The summed E-state index contributed by atoms with van der Waals surface area (Å²) in [6, 6.07) is 3.71.